The number of aliphatic carboxylic acids is 1. The maximum absolute atomic E-state index is 12.9. The summed E-state index contributed by atoms with van der Waals surface area (Å²) in [5.74, 6) is -0.827. The lowest BCUT2D eigenvalue weighted by Gasteiger charge is -2.28. The fourth-order valence-electron chi connectivity index (χ4n) is 4.71. The molecule has 3 aromatic carbocycles. The van der Waals surface area contributed by atoms with Crippen LogP contribution in [0.5, 0.6) is 0 Å². The number of anilines is 1. The summed E-state index contributed by atoms with van der Waals surface area (Å²) in [7, 11) is 0. The van der Waals surface area contributed by atoms with Gasteiger partial charge >= 0.3 is 18.2 Å². The number of ether oxygens (including phenoxy) is 2. The lowest BCUT2D eigenvalue weighted by molar-refractivity contribution is -0.137. The molecule has 0 aromatic heterocycles. The minimum Gasteiger partial charge on any atom is -0.481 e. The van der Waals surface area contributed by atoms with Crippen molar-refractivity contribution in [1.82, 2.24) is 5.32 Å². The van der Waals surface area contributed by atoms with Crippen molar-refractivity contribution in [3.05, 3.63) is 90.0 Å². The molecule has 2 amide bonds. The molecule has 0 aliphatic heterocycles. The molecule has 0 unspecified atom stereocenters. The number of benzene rings is 3. The number of carbonyl (C=O) groups excluding carboxylic acids is 2. The molecule has 39 heavy (non-hydrogen) atoms. The molecule has 0 atom stereocenters. The first-order chi connectivity index (χ1) is 19.0. The molecular weight excluding hydrogens is 496 g/mol. The molecule has 1 fully saturated rings. The Morgan fingerprint density at radius 3 is 2.21 bits per heavy atom. The summed E-state index contributed by atoms with van der Waals surface area (Å²) >= 11 is 0. The molecule has 0 bridgehead atoms. The first-order valence-electron chi connectivity index (χ1n) is 13.3. The van der Waals surface area contributed by atoms with Gasteiger partial charge in [0.25, 0.3) is 0 Å². The molecule has 3 aromatic rings. The maximum atomic E-state index is 12.9. The predicted molar refractivity (Wildman–Crippen MR) is 148 cm³/mol. The molecule has 3 N–H and O–H groups in total. The van der Waals surface area contributed by atoms with E-state index in [1.165, 1.54) is 0 Å². The third-order valence-electron chi connectivity index (χ3n) is 6.74. The topological polar surface area (TPSA) is 114 Å². The Morgan fingerprint density at radius 1 is 0.821 bits per heavy atom. The second-order valence-corrected chi connectivity index (χ2v) is 9.70. The second-order valence-electron chi connectivity index (χ2n) is 9.70. The minimum absolute atomic E-state index is 0.0247. The quantitative estimate of drug-likeness (QED) is 0.274. The van der Waals surface area contributed by atoms with Crippen LogP contribution in [0.3, 0.4) is 0 Å². The number of carboxylic acids is 1. The van der Waals surface area contributed by atoms with Crippen molar-refractivity contribution in [3.8, 4) is 11.1 Å². The second kappa shape index (κ2) is 14.0. The summed E-state index contributed by atoms with van der Waals surface area (Å²) in [4.78, 5) is 35.9. The fraction of sp³-hybridized carbons (Fsp3) is 0.323. The molecule has 0 spiro atoms. The molecule has 1 aliphatic rings. The van der Waals surface area contributed by atoms with E-state index in [0.717, 1.165) is 22.3 Å². The van der Waals surface area contributed by atoms with Crippen molar-refractivity contribution >= 4 is 23.8 Å². The lowest BCUT2D eigenvalue weighted by atomic mass is 9.93. The maximum Gasteiger partial charge on any atom is 0.411 e. The molecule has 1 saturated carbocycles. The van der Waals surface area contributed by atoms with Gasteiger partial charge in [-0.15, -0.1) is 0 Å². The van der Waals surface area contributed by atoms with Gasteiger partial charge in [0.05, 0.1) is 5.69 Å². The molecule has 0 saturated heterocycles. The summed E-state index contributed by atoms with van der Waals surface area (Å²) in [5.41, 5.74) is 4.30. The summed E-state index contributed by atoms with van der Waals surface area (Å²) in [6.45, 7) is 0.219. The minimum atomic E-state index is -0.827. The zero-order chi connectivity index (χ0) is 27.5. The lowest BCUT2D eigenvalue weighted by Crippen LogP contribution is -2.40. The van der Waals surface area contributed by atoms with Gasteiger partial charge in [-0.2, -0.15) is 0 Å². The Kier molecular flexibility index (Phi) is 9.94. The van der Waals surface area contributed by atoms with E-state index < -0.39 is 18.2 Å². The Morgan fingerprint density at radius 2 is 1.51 bits per heavy atom. The van der Waals surface area contributed by atoms with E-state index >= 15 is 0 Å². The summed E-state index contributed by atoms with van der Waals surface area (Å²) < 4.78 is 11.0. The Bertz CT molecular complexity index is 1240. The van der Waals surface area contributed by atoms with Crippen LogP contribution in [0.15, 0.2) is 78.9 Å². The number of rotatable bonds is 10. The van der Waals surface area contributed by atoms with Crippen molar-refractivity contribution in [2.75, 3.05) is 5.32 Å². The van der Waals surface area contributed by atoms with Gasteiger partial charge in [-0.1, -0.05) is 72.8 Å². The van der Waals surface area contributed by atoms with Crippen molar-refractivity contribution in [2.24, 2.45) is 0 Å². The molecule has 0 radical (unpaired) electrons. The average Bonchev–Trinajstić information content (AvgIpc) is 2.94. The average molecular weight is 531 g/mol. The van der Waals surface area contributed by atoms with Gasteiger partial charge in [0.15, 0.2) is 0 Å². The number of hydrogen-bond acceptors (Lipinski definition) is 5. The van der Waals surface area contributed by atoms with Gasteiger partial charge in [-0.25, -0.2) is 9.59 Å². The normalized spacial score (nSPS) is 16.6. The monoisotopic (exact) mass is 530 g/mol. The zero-order valence-corrected chi connectivity index (χ0v) is 21.8. The van der Waals surface area contributed by atoms with Gasteiger partial charge in [-0.3, -0.25) is 10.1 Å². The van der Waals surface area contributed by atoms with Gasteiger partial charge in [0.2, 0.25) is 0 Å². The SMILES string of the molecule is O=C(O)CCCc1ccc(-c2ccccc2)c(NC(=O)OC2CCC(NC(=O)OCc3ccccc3)CC2)c1. The van der Waals surface area contributed by atoms with Gasteiger partial charge in [0, 0.05) is 18.0 Å². The predicted octanol–water partition coefficient (Wildman–Crippen LogP) is 6.55. The van der Waals surface area contributed by atoms with Crippen LogP contribution in [-0.2, 0) is 27.3 Å². The first kappa shape index (κ1) is 27.7. The largest absolute Gasteiger partial charge is 0.481 e. The van der Waals surface area contributed by atoms with Gasteiger partial charge in [0.1, 0.15) is 12.7 Å². The van der Waals surface area contributed by atoms with Gasteiger partial charge in [-0.05, 0) is 61.3 Å². The van der Waals surface area contributed by atoms with Crippen LogP contribution in [0, 0.1) is 0 Å². The number of amides is 2. The third-order valence-corrected chi connectivity index (χ3v) is 6.74. The van der Waals surface area contributed by atoms with Crippen molar-refractivity contribution in [3.63, 3.8) is 0 Å². The highest BCUT2D eigenvalue weighted by molar-refractivity contribution is 5.91. The zero-order valence-electron chi connectivity index (χ0n) is 21.8. The first-order valence-corrected chi connectivity index (χ1v) is 13.3. The molecule has 0 heterocycles. The van der Waals surface area contributed by atoms with Crippen LogP contribution in [0.1, 0.15) is 49.7 Å². The van der Waals surface area contributed by atoms with E-state index in [9.17, 15) is 14.4 Å². The molecule has 1 aliphatic carbocycles. The van der Waals surface area contributed by atoms with E-state index in [-0.39, 0.29) is 25.2 Å². The number of aryl methyl sites for hydroxylation is 1. The fourth-order valence-corrected chi connectivity index (χ4v) is 4.71. The standard InChI is InChI=1S/C31H34N2O6/c34-29(35)13-7-10-22-14-19-27(24-11-5-2-6-12-24)28(20-22)33-31(37)39-26-17-15-25(16-18-26)32-30(36)38-21-23-8-3-1-4-9-23/h1-6,8-9,11-12,14,19-20,25-26H,7,10,13,15-18,21H2,(H,32,36)(H,33,37)(H,34,35). The van der Waals surface area contributed by atoms with Crippen LogP contribution >= 0.6 is 0 Å². The van der Waals surface area contributed by atoms with Gasteiger partial charge < -0.3 is 19.9 Å². The Labute approximate surface area is 228 Å². The van der Waals surface area contributed by atoms with Crippen LogP contribution < -0.4 is 10.6 Å². The molecule has 8 nitrogen and oxygen atoms in total. The molecule has 204 valence electrons. The molecule has 8 heteroatoms. The van der Waals surface area contributed by atoms with Crippen LogP contribution in [0.25, 0.3) is 11.1 Å². The number of hydrogen-bond donors (Lipinski definition) is 3. The van der Waals surface area contributed by atoms with Crippen molar-refractivity contribution in [2.45, 2.75) is 63.7 Å². The van der Waals surface area contributed by atoms with E-state index in [0.29, 0.717) is 44.2 Å². The van der Waals surface area contributed by atoms with Crippen molar-refractivity contribution < 1.29 is 29.0 Å². The number of carbonyl (C=O) groups is 3. The highest BCUT2D eigenvalue weighted by atomic mass is 16.6. The number of carboxylic acid groups (broad SMARTS) is 1. The molecular formula is C31H34N2O6. The van der Waals surface area contributed by atoms with E-state index in [2.05, 4.69) is 10.6 Å². The summed E-state index contributed by atoms with van der Waals surface area (Å²) in [6.07, 6.45) is 2.62. The summed E-state index contributed by atoms with van der Waals surface area (Å²) in [5, 5.41) is 14.7. The smallest absolute Gasteiger partial charge is 0.411 e. The van der Waals surface area contributed by atoms with Crippen LogP contribution in [0.4, 0.5) is 15.3 Å². The third kappa shape index (κ3) is 8.88. The van der Waals surface area contributed by atoms with E-state index in [4.69, 9.17) is 14.6 Å². The Hall–Kier alpha value is -4.33. The Balaban J connectivity index is 1.28. The molecule has 4 rings (SSSR count). The van der Waals surface area contributed by atoms with E-state index in [1.54, 1.807) is 0 Å². The highest BCUT2D eigenvalue weighted by Crippen LogP contribution is 2.30. The van der Waals surface area contributed by atoms with E-state index in [1.807, 2.05) is 78.9 Å². The van der Waals surface area contributed by atoms with Crippen molar-refractivity contribution in [1.29, 1.82) is 0 Å². The van der Waals surface area contributed by atoms with Crippen LogP contribution in [-0.4, -0.2) is 35.4 Å². The highest BCUT2D eigenvalue weighted by Gasteiger charge is 2.25. The summed E-state index contributed by atoms with van der Waals surface area (Å²) in [6, 6.07) is 25.0. The van der Waals surface area contributed by atoms with Crippen LogP contribution in [0.2, 0.25) is 0 Å². The number of alkyl carbamates (subject to hydrolysis) is 1. The number of nitrogens with one attached hydrogen (secondary N) is 2.